The molecule has 6 rings (SSSR count). The van der Waals surface area contributed by atoms with E-state index in [0.717, 1.165) is 35.2 Å². The number of halogens is 1. The summed E-state index contributed by atoms with van der Waals surface area (Å²) in [5.41, 5.74) is 3.77. The summed E-state index contributed by atoms with van der Waals surface area (Å²) >= 11 is 6.32. The van der Waals surface area contributed by atoms with E-state index in [1.165, 1.54) is 4.90 Å². The van der Waals surface area contributed by atoms with E-state index in [9.17, 15) is 14.4 Å². The quantitative estimate of drug-likeness (QED) is 0.674. The molecule has 7 heteroatoms. The van der Waals surface area contributed by atoms with Gasteiger partial charge in [-0.15, -0.1) is 0 Å². The van der Waals surface area contributed by atoms with Crippen LogP contribution in [0.4, 0.5) is 11.4 Å². The van der Waals surface area contributed by atoms with Crippen molar-refractivity contribution in [2.75, 3.05) is 16.8 Å². The Kier molecular flexibility index (Phi) is 4.00. The number of anilines is 2. The number of nitrogens with zero attached hydrogens (tertiary/aromatic N) is 2. The largest absolute Gasteiger partial charge is 0.324 e. The van der Waals surface area contributed by atoms with Crippen molar-refractivity contribution < 1.29 is 14.4 Å². The minimum atomic E-state index is -1.15. The van der Waals surface area contributed by atoms with E-state index in [4.69, 9.17) is 11.6 Å². The van der Waals surface area contributed by atoms with E-state index in [0.29, 0.717) is 22.8 Å². The van der Waals surface area contributed by atoms with Gasteiger partial charge in [0.05, 0.1) is 17.5 Å². The molecule has 0 bridgehead atoms. The second-order valence-electron chi connectivity index (χ2n) is 9.45. The molecule has 1 N–H and O–H groups in total. The maximum atomic E-state index is 14.0. The Balaban J connectivity index is 1.58. The number of hydrogen-bond donors (Lipinski definition) is 1. The van der Waals surface area contributed by atoms with Gasteiger partial charge < -0.3 is 5.32 Å². The number of nitrogens with one attached hydrogen (secondary N) is 1. The van der Waals surface area contributed by atoms with Gasteiger partial charge in [-0.3, -0.25) is 19.3 Å². The molecule has 3 fully saturated rings. The highest BCUT2D eigenvalue weighted by atomic mass is 35.5. The number of imide groups is 1. The number of benzene rings is 2. The van der Waals surface area contributed by atoms with Gasteiger partial charge in [-0.2, -0.15) is 0 Å². The van der Waals surface area contributed by atoms with Crippen molar-refractivity contribution in [2.24, 2.45) is 11.8 Å². The molecule has 1 spiro atoms. The number of carbonyl (C=O) groups is 3. The maximum absolute atomic E-state index is 14.0. The molecule has 3 saturated heterocycles. The lowest BCUT2D eigenvalue weighted by Crippen LogP contribution is -2.54. The van der Waals surface area contributed by atoms with Gasteiger partial charge >= 0.3 is 0 Å². The third-order valence-corrected chi connectivity index (χ3v) is 8.59. The zero-order valence-electron chi connectivity index (χ0n) is 18.2. The van der Waals surface area contributed by atoms with Gasteiger partial charge in [-0.25, -0.2) is 4.90 Å². The summed E-state index contributed by atoms with van der Waals surface area (Å²) in [6.07, 6.45) is 1.71. The van der Waals surface area contributed by atoms with Crippen LogP contribution in [-0.4, -0.2) is 35.2 Å². The van der Waals surface area contributed by atoms with Gasteiger partial charge in [0.15, 0.2) is 0 Å². The van der Waals surface area contributed by atoms with Gasteiger partial charge in [0, 0.05) is 22.3 Å². The zero-order chi connectivity index (χ0) is 22.5. The highest BCUT2D eigenvalue weighted by Gasteiger charge is 2.74. The number of carbonyl (C=O) groups excluding carboxylic acids is 3. The van der Waals surface area contributed by atoms with Crippen molar-refractivity contribution in [3.63, 3.8) is 0 Å². The molecule has 3 amide bonds. The third-order valence-electron chi connectivity index (χ3n) is 8.18. The van der Waals surface area contributed by atoms with E-state index < -0.39 is 17.4 Å². The summed E-state index contributed by atoms with van der Waals surface area (Å²) < 4.78 is 0. The number of amides is 3. The van der Waals surface area contributed by atoms with Crippen molar-refractivity contribution >= 4 is 40.7 Å². The maximum Gasteiger partial charge on any atom is 0.250 e. The summed E-state index contributed by atoms with van der Waals surface area (Å²) in [4.78, 5) is 45.0. The number of hydrogen-bond acceptors (Lipinski definition) is 4. The summed E-state index contributed by atoms with van der Waals surface area (Å²) in [6.45, 7) is 6.52. The molecular weight excluding hydrogens is 426 g/mol. The summed E-state index contributed by atoms with van der Waals surface area (Å²) in [7, 11) is 0. The Morgan fingerprint density at radius 1 is 1.03 bits per heavy atom. The Labute approximate surface area is 191 Å². The molecule has 0 saturated carbocycles. The molecule has 2 aromatic carbocycles. The van der Waals surface area contributed by atoms with E-state index in [1.54, 1.807) is 18.2 Å². The van der Waals surface area contributed by atoms with Crippen molar-refractivity contribution in [1.82, 2.24) is 4.90 Å². The predicted molar refractivity (Wildman–Crippen MR) is 122 cm³/mol. The lowest BCUT2D eigenvalue weighted by atomic mass is 9.75. The molecule has 2 aromatic rings. The van der Waals surface area contributed by atoms with Crippen LogP contribution in [0.15, 0.2) is 30.3 Å². The van der Waals surface area contributed by atoms with Gasteiger partial charge in [0.25, 0.3) is 0 Å². The SMILES string of the molecule is Cc1ccc2c(c1C)NC(=O)[C@@]21[C@@H]2C(=O)N(c3cccc(Cl)c3C)C(=O)[C@H]2[C@@H]2CCCN21. The van der Waals surface area contributed by atoms with E-state index in [1.807, 2.05) is 32.9 Å². The van der Waals surface area contributed by atoms with E-state index >= 15 is 0 Å². The van der Waals surface area contributed by atoms with Gasteiger partial charge in [0.2, 0.25) is 17.7 Å². The molecule has 164 valence electrons. The Hall–Kier alpha value is -2.70. The van der Waals surface area contributed by atoms with Crippen LogP contribution in [0.3, 0.4) is 0 Å². The molecule has 0 radical (unpaired) electrons. The number of fused-ring (bicyclic) bond motifs is 7. The first-order valence-corrected chi connectivity index (χ1v) is 11.5. The third kappa shape index (κ3) is 2.12. The Bertz CT molecular complexity index is 1240. The molecule has 4 heterocycles. The fourth-order valence-electron chi connectivity index (χ4n) is 6.60. The lowest BCUT2D eigenvalue weighted by Gasteiger charge is -2.37. The standard InChI is InChI=1S/C25H24ClN3O3/c1-12-9-10-15-21(13(12)2)27-24(32)25(15)20-19(18-8-5-11-28(18)25)22(30)29(23(20)31)17-7-4-6-16(26)14(17)3/h4,6-7,9-10,18-20H,5,8,11H2,1-3H3,(H,27,32)/t18-,19-,20-,25-/m0/s1. The molecule has 32 heavy (non-hydrogen) atoms. The first-order valence-electron chi connectivity index (χ1n) is 11.1. The Morgan fingerprint density at radius 2 is 1.81 bits per heavy atom. The average Bonchev–Trinajstić information content (AvgIpc) is 3.46. The number of aryl methyl sites for hydroxylation is 1. The highest BCUT2D eigenvalue weighted by Crippen LogP contribution is 2.61. The molecule has 0 aliphatic carbocycles. The van der Waals surface area contributed by atoms with Crippen molar-refractivity contribution in [2.45, 2.75) is 45.2 Å². The molecule has 0 unspecified atom stereocenters. The molecule has 4 atom stereocenters. The van der Waals surface area contributed by atoms with Gasteiger partial charge in [-0.05, 0) is 69.0 Å². The normalized spacial score (nSPS) is 30.8. The van der Waals surface area contributed by atoms with Gasteiger partial charge in [-0.1, -0.05) is 29.8 Å². The van der Waals surface area contributed by atoms with Crippen molar-refractivity contribution in [3.05, 3.63) is 57.6 Å². The van der Waals surface area contributed by atoms with Crippen LogP contribution in [0.1, 0.15) is 35.1 Å². The molecule has 6 nitrogen and oxygen atoms in total. The summed E-state index contributed by atoms with van der Waals surface area (Å²) in [6, 6.07) is 9.11. The van der Waals surface area contributed by atoms with Crippen LogP contribution in [0.5, 0.6) is 0 Å². The predicted octanol–water partition coefficient (Wildman–Crippen LogP) is 3.70. The van der Waals surface area contributed by atoms with Crippen LogP contribution in [0.25, 0.3) is 0 Å². The van der Waals surface area contributed by atoms with Crippen LogP contribution >= 0.6 is 11.6 Å². The van der Waals surface area contributed by atoms with E-state index in [-0.39, 0.29) is 23.8 Å². The minimum absolute atomic E-state index is 0.126. The first-order chi connectivity index (χ1) is 15.3. The Morgan fingerprint density at radius 3 is 2.59 bits per heavy atom. The van der Waals surface area contributed by atoms with Gasteiger partial charge in [0.1, 0.15) is 5.54 Å². The van der Waals surface area contributed by atoms with Crippen LogP contribution in [0, 0.1) is 32.6 Å². The van der Waals surface area contributed by atoms with Crippen LogP contribution < -0.4 is 10.2 Å². The van der Waals surface area contributed by atoms with E-state index in [2.05, 4.69) is 10.2 Å². The highest BCUT2D eigenvalue weighted by molar-refractivity contribution is 6.32. The second-order valence-corrected chi connectivity index (χ2v) is 9.86. The minimum Gasteiger partial charge on any atom is -0.324 e. The molecular formula is C25H24ClN3O3. The van der Waals surface area contributed by atoms with Crippen molar-refractivity contribution in [1.29, 1.82) is 0 Å². The fraction of sp³-hybridized carbons (Fsp3) is 0.400. The lowest BCUT2D eigenvalue weighted by molar-refractivity contribution is -0.135. The summed E-state index contributed by atoms with van der Waals surface area (Å²) in [5.74, 6) is -2.00. The monoisotopic (exact) mass is 449 g/mol. The zero-order valence-corrected chi connectivity index (χ0v) is 19.0. The smallest absolute Gasteiger partial charge is 0.250 e. The molecule has 0 aromatic heterocycles. The van der Waals surface area contributed by atoms with Crippen LogP contribution in [0.2, 0.25) is 5.02 Å². The van der Waals surface area contributed by atoms with Crippen molar-refractivity contribution in [3.8, 4) is 0 Å². The fourth-order valence-corrected chi connectivity index (χ4v) is 6.77. The molecule has 4 aliphatic rings. The van der Waals surface area contributed by atoms with Crippen LogP contribution in [-0.2, 0) is 19.9 Å². The average molecular weight is 450 g/mol. The molecule has 4 aliphatic heterocycles. The second kappa shape index (κ2) is 6.42. The first kappa shape index (κ1) is 19.9. The summed E-state index contributed by atoms with van der Waals surface area (Å²) in [5, 5.41) is 3.60. The number of rotatable bonds is 1. The topological polar surface area (TPSA) is 69.7 Å².